The number of amides is 1. The number of benzene rings is 2. The van der Waals surface area contributed by atoms with Crippen molar-refractivity contribution in [3.63, 3.8) is 0 Å². The fourth-order valence-corrected chi connectivity index (χ4v) is 4.51. The first-order chi connectivity index (χ1) is 14.1. The standard InChI is InChI=1S/C24H27N3OS/c1-16-8-3-5-12-21(16)27-24(28)20-15-23(26-22-13-6-4-11-19(20)22)25-17-9-7-10-18(14-17)29-2/h4,6-7,9-11,13-16,21H,3,5,8,12H2,1-2H3,(H,25,26)(H,27,28)/t16-,21+/m1/s1. The van der Waals surface area contributed by atoms with E-state index in [-0.39, 0.29) is 11.9 Å². The molecule has 29 heavy (non-hydrogen) atoms. The Morgan fingerprint density at radius 3 is 2.72 bits per heavy atom. The van der Waals surface area contributed by atoms with E-state index in [1.165, 1.54) is 24.2 Å². The van der Waals surface area contributed by atoms with Crippen LogP contribution in [0.3, 0.4) is 0 Å². The highest BCUT2D eigenvalue weighted by atomic mass is 32.2. The van der Waals surface area contributed by atoms with Crippen LogP contribution in [0.1, 0.15) is 43.0 Å². The van der Waals surface area contributed by atoms with E-state index in [4.69, 9.17) is 4.98 Å². The van der Waals surface area contributed by atoms with Crippen LogP contribution >= 0.6 is 11.8 Å². The molecule has 2 N–H and O–H groups in total. The molecular weight excluding hydrogens is 378 g/mol. The van der Waals surface area contributed by atoms with Gasteiger partial charge in [0.1, 0.15) is 5.82 Å². The quantitative estimate of drug-likeness (QED) is 0.511. The van der Waals surface area contributed by atoms with Crippen molar-refractivity contribution in [1.82, 2.24) is 10.3 Å². The van der Waals surface area contributed by atoms with Crippen molar-refractivity contribution in [2.75, 3.05) is 11.6 Å². The molecule has 2 atom stereocenters. The SMILES string of the molecule is CSc1cccc(Nc2cc(C(=O)N[C@H]3CCCC[C@H]3C)c3ccccc3n2)c1. The summed E-state index contributed by atoms with van der Waals surface area (Å²) in [5, 5.41) is 7.55. The lowest BCUT2D eigenvalue weighted by atomic mass is 9.86. The Bertz CT molecular complexity index is 1020. The topological polar surface area (TPSA) is 54.0 Å². The number of anilines is 2. The van der Waals surface area contributed by atoms with Gasteiger partial charge in [0, 0.05) is 22.0 Å². The molecule has 1 amide bonds. The lowest BCUT2D eigenvalue weighted by molar-refractivity contribution is 0.0912. The van der Waals surface area contributed by atoms with Crippen LogP contribution in [-0.2, 0) is 0 Å². The van der Waals surface area contributed by atoms with E-state index in [1.807, 2.05) is 42.5 Å². The lowest BCUT2D eigenvalue weighted by Gasteiger charge is -2.29. The number of carbonyl (C=O) groups excluding carboxylic acids is 1. The molecule has 2 aromatic carbocycles. The Balaban J connectivity index is 1.66. The number of aromatic nitrogens is 1. The van der Waals surface area contributed by atoms with Gasteiger partial charge in [0.25, 0.3) is 5.91 Å². The second-order valence-electron chi connectivity index (χ2n) is 7.77. The van der Waals surface area contributed by atoms with Gasteiger partial charge >= 0.3 is 0 Å². The molecule has 0 saturated heterocycles. The zero-order chi connectivity index (χ0) is 20.2. The molecule has 4 nitrogen and oxygen atoms in total. The van der Waals surface area contributed by atoms with Gasteiger partial charge < -0.3 is 10.6 Å². The number of thioether (sulfide) groups is 1. The van der Waals surface area contributed by atoms with Crippen molar-refractivity contribution < 1.29 is 4.79 Å². The van der Waals surface area contributed by atoms with E-state index in [0.717, 1.165) is 23.0 Å². The molecule has 0 bridgehead atoms. The Morgan fingerprint density at radius 2 is 1.90 bits per heavy atom. The van der Waals surface area contributed by atoms with Gasteiger partial charge in [0.2, 0.25) is 0 Å². The number of carbonyl (C=O) groups is 1. The third-order valence-electron chi connectivity index (χ3n) is 5.73. The summed E-state index contributed by atoms with van der Waals surface area (Å²) in [5.41, 5.74) is 2.46. The number of nitrogens with zero attached hydrogens (tertiary/aromatic N) is 1. The fourth-order valence-electron chi connectivity index (χ4n) is 4.05. The van der Waals surface area contributed by atoms with E-state index in [9.17, 15) is 4.79 Å². The molecule has 150 valence electrons. The molecule has 0 spiro atoms. The Kier molecular flexibility index (Phi) is 6.05. The predicted molar refractivity (Wildman–Crippen MR) is 122 cm³/mol. The Labute approximate surface area is 176 Å². The van der Waals surface area contributed by atoms with Crippen LogP contribution < -0.4 is 10.6 Å². The van der Waals surface area contributed by atoms with E-state index >= 15 is 0 Å². The van der Waals surface area contributed by atoms with Crippen LogP contribution in [0.25, 0.3) is 10.9 Å². The normalized spacial score (nSPS) is 19.1. The molecule has 1 saturated carbocycles. The van der Waals surface area contributed by atoms with Crippen LogP contribution in [-0.4, -0.2) is 23.2 Å². The van der Waals surface area contributed by atoms with Crippen molar-refractivity contribution in [3.05, 3.63) is 60.2 Å². The molecular formula is C24H27N3OS. The first kappa shape index (κ1) is 19.8. The summed E-state index contributed by atoms with van der Waals surface area (Å²) < 4.78 is 0. The van der Waals surface area contributed by atoms with Gasteiger partial charge in [0.05, 0.1) is 11.1 Å². The Morgan fingerprint density at radius 1 is 1.07 bits per heavy atom. The minimum absolute atomic E-state index is 0.0109. The zero-order valence-electron chi connectivity index (χ0n) is 16.9. The summed E-state index contributed by atoms with van der Waals surface area (Å²) in [5.74, 6) is 1.19. The molecule has 0 unspecified atom stereocenters. The summed E-state index contributed by atoms with van der Waals surface area (Å²) in [6, 6.07) is 18.2. The van der Waals surface area contributed by atoms with E-state index in [2.05, 4.69) is 35.9 Å². The van der Waals surface area contributed by atoms with Crippen LogP contribution in [0.15, 0.2) is 59.5 Å². The molecule has 4 rings (SSSR count). The lowest BCUT2D eigenvalue weighted by Crippen LogP contribution is -2.41. The van der Waals surface area contributed by atoms with Crippen molar-refractivity contribution in [1.29, 1.82) is 0 Å². The fraction of sp³-hybridized carbons (Fsp3) is 0.333. The van der Waals surface area contributed by atoms with Gasteiger partial charge in [0.15, 0.2) is 0 Å². The average Bonchev–Trinajstić information content (AvgIpc) is 2.75. The highest BCUT2D eigenvalue weighted by molar-refractivity contribution is 7.98. The van der Waals surface area contributed by atoms with Crippen LogP contribution in [0.2, 0.25) is 0 Å². The monoisotopic (exact) mass is 405 g/mol. The molecule has 0 radical (unpaired) electrons. The average molecular weight is 406 g/mol. The summed E-state index contributed by atoms with van der Waals surface area (Å²) >= 11 is 1.70. The number of fused-ring (bicyclic) bond motifs is 1. The van der Waals surface area contributed by atoms with E-state index in [1.54, 1.807) is 11.8 Å². The number of hydrogen-bond acceptors (Lipinski definition) is 4. The third kappa shape index (κ3) is 4.56. The summed E-state index contributed by atoms with van der Waals surface area (Å²) in [7, 11) is 0. The maximum Gasteiger partial charge on any atom is 0.252 e. The van der Waals surface area contributed by atoms with E-state index < -0.39 is 0 Å². The maximum atomic E-state index is 13.2. The highest BCUT2D eigenvalue weighted by Crippen LogP contribution is 2.27. The molecule has 0 aliphatic heterocycles. The minimum Gasteiger partial charge on any atom is -0.349 e. The van der Waals surface area contributed by atoms with Gasteiger partial charge in [-0.25, -0.2) is 4.98 Å². The highest BCUT2D eigenvalue weighted by Gasteiger charge is 2.24. The smallest absolute Gasteiger partial charge is 0.252 e. The summed E-state index contributed by atoms with van der Waals surface area (Å²) in [6.07, 6.45) is 6.74. The second-order valence-corrected chi connectivity index (χ2v) is 8.65. The van der Waals surface area contributed by atoms with Crippen molar-refractivity contribution in [2.45, 2.75) is 43.5 Å². The van der Waals surface area contributed by atoms with Crippen molar-refractivity contribution >= 4 is 40.1 Å². The van der Waals surface area contributed by atoms with Gasteiger partial charge in [-0.15, -0.1) is 11.8 Å². The molecule has 1 heterocycles. The maximum absolute atomic E-state index is 13.2. The second kappa shape index (κ2) is 8.87. The molecule has 3 aromatic rings. The first-order valence-electron chi connectivity index (χ1n) is 10.3. The van der Waals surface area contributed by atoms with Crippen LogP contribution in [0, 0.1) is 5.92 Å². The molecule has 5 heteroatoms. The number of rotatable bonds is 5. The molecule has 1 fully saturated rings. The number of nitrogens with one attached hydrogen (secondary N) is 2. The number of hydrogen-bond donors (Lipinski definition) is 2. The zero-order valence-corrected chi connectivity index (χ0v) is 17.8. The Hall–Kier alpha value is -2.53. The molecule has 1 aliphatic rings. The van der Waals surface area contributed by atoms with Crippen molar-refractivity contribution in [3.8, 4) is 0 Å². The van der Waals surface area contributed by atoms with Crippen LogP contribution in [0.5, 0.6) is 0 Å². The van der Waals surface area contributed by atoms with Gasteiger partial charge in [-0.2, -0.15) is 0 Å². The van der Waals surface area contributed by atoms with E-state index in [0.29, 0.717) is 17.3 Å². The predicted octanol–water partition coefficient (Wildman–Crippen LogP) is 6.01. The number of pyridine rings is 1. The molecule has 1 aliphatic carbocycles. The minimum atomic E-state index is -0.0109. The third-order valence-corrected chi connectivity index (χ3v) is 6.46. The molecule has 1 aromatic heterocycles. The summed E-state index contributed by atoms with van der Waals surface area (Å²) in [6.45, 7) is 2.24. The van der Waals surface area contributed by atoms with Gasteiger partial charge in [-0.05, 0) is 55.3 Å². The largest absolute Gasteiger partial charge is 0.349 e. The van der Waals surface area contributed by atoms with Crippen molar-refractivity contribution in [2.24, 2.45) is 5.92 Å². The van der Waals surface area contributed by atoms with Gasteiger partial charge in [-0.3, -0.25) is 4.79 Å². The number of para-hydroxylation sites is 1. The van der Waals surface area contributed by atoms with Gasteiger partial charge in [-0.1, -0.05) is 44.0 Å². The first-order valence-corrected chi connectivity index (χ1v) is 11.5. The van der Waals surface area contributed by atoms with Crippen LogP contribution in [0.4, 0.5) is 11.5 Å². The summed E-state index contributed by atoms with van der Waals surface area (Å²) in [4.78, 5) is 19.1.